The first kappa shape index (κ1) is 13.3. The van der Waals surface area contributed by atoms with Crippen LogP contribution in [0.2, 0.25) is 0 Å². The molecule has 0 heterocycles. The van der Waals surface area contributed by atoms with Gasteiger partial charge in [-0.1, -0.05) is 30.4 Å². The Labute approximate surface area is 103 Å². The molecule has 92 valence electrons. The van der Waals surface area contributed by atoms with Crippen molar-refractivity contribution in [3.63, 3.8) is 0 Å². The first-order valence-electron chi connectivity index (χ1n) is 5.63. The summed E-state index contributed by atoms with van der Waals surface area (Å²) < 4.78 is 0. The molecule has 3 heteroatoms. The lowest BCUT2D eigenvalue weighted by atomic mass is 9.92. The standard InChI is InChI=1S/C14H20N2O/c1-10(2)11-7-6-8-12(9-11)14(3,4)16-13(17)15-5/h6-9H,1H2,2-5H3,(H2,15,16,17). The number of carbonyl (C=O) groups is 1. The Bertz CT molecular complexity index is 436. The van der Waals surface area contributed by atoms with Crippen molar-refractivity contribution in [3.05, 3.63) is 42.0 Å². The molecular formula is C14H20N2O. The van der Waals surface area contributed by atoms with Crippen LogP contribution in [-0.2, 0) is 5.54 Å². The molecule has 0 atom stereocenters. The molecule has 0 saturated carbocycles. The molecule has 1 aromatic carbocycles. The molecule has 3 nitrogen and oxygen atoms in total. The Morgan fingerprint density at radius 2 is 2.00 bits per heavy atom. The fourth-order valence-corrected chi connectivity index (χ4v) is 1.59. The predicted octanol–water partition coefficient (Wildman–Crippen LogP) is 2.88. The van der Waals surface area contributed by atoms with Crippen molar-refractivity contribution < 1.29 is 4.79 Å². The van der Waals surface area contributed by atoms with Crippen LogP contribution in [0.5, 0.6) is 0 Å². The highest BCUT2D eigenvalue weighted by atomic mass is 16.2. The zero-order valence-corrected chi connectivity index (χ0v) is 10.9. The van der Waals surface area contributed by atoms with Crippen LogP contribution in [0.25, 0.3) is 5.57 Å². The Morgan fingerprint density at radius 3 is 2.53 bits per heavy atom. The molecule has 0 aliphatic heterocycles. The number of amides is 2. The first-order chi connectivity index (χ1) is 7.86. The zero-order chi connectivity index (χ0) is 13.1. The topological polar surface area (TPSA) is 41.1 Å². The van der Waals surface area contributed by atoms with Crippen LogP contribution in [-0.4, -0.2) is 13.1 Å². The number of allylic oxidation sites excluding steroid dienone is 1. The number of nitrogens with one attached hydrogen (secondary N) is 2. The van der Waals surface area contributed by atoms with Gasteiger partial charge in [0.1, 0.15) is 0 Å². The van der Waals surface area contributed by atoms with Crippen LogP contribution in [0, 0.1) is 0 Å². The summed E-state index contributed by atoms with van der Waals surface area (Å²) >= 11 is 0. The molecule has 1 aromatic rings. The summed E-state index contributed by atoms with van der Waals surface area (Å²) in [5, 5.41) is 5.47. The minimum atomic E-state index is -0.411. The normalized spacial score (nSPS) is 10.8. The SMILES string of the molecule is C=C(C)c1cccc(C(C)(C)NC(=O)NC)c1. The second-order valence-electron chi connectivity index (χ2n) is 4.69. The van der Waals surface area contributed by atoms with Gasteiger partial charge in [-0.25, -0.2) is 4.79 Å². The van der Waals surface area contributed by atoms with Crippen LogP contribution in [0.1, 0.15) is 31.9 Å². The average molecular weight is 232 g/mol. The molecule has 0 aliphatic rings. The number of urea groups is 1. The third kappa shape index (κ3) is 3.34. The summed E-state index contributed by atoms with van der Waals surface area (Å²) in [4.78, 5) is 11.4. The van der Waals surface area contributed by atoms with Crippen LogP contribution in [0.4, 0.5) is 4.79 Å². The summed E-state index contributed by atoms with van der Waals surface area (Å²) in [6.45, 7) is 9.84. The third-order valence-corrected chi connectivity index (χ3v) is 2.73. The van der Waals surface area contributed by atoms with E-state index in [9.17, 15) is 4.79 Å². The molecule has 2 N–H and O–H groups in total. The highest BCUT2D eigenvalue weighted by molar-refractivity contribution is 5.74. The Morgan fingerprint density at radius 1 is 1.35 bits per heavy atom. The lowest BCUT2D eigenvalue weighted by Crippen LogP contribution is -2.45. The van der Waals surface area contributed by atoms with Crippen molar-refractivity contribution in [3.8, 4) is 0 Å². The van der Waals surface area contributed by atoms with Crippen molar-refractivity contribution in [1.82, 2.24) is 10.6 Å². The maximum absolute atomic E-state index is 11.4. The van der Waals surface area contributed by atoms with E-state index in [1.165, 1.54) is 0 Å². The van der Waals surface area contributed by atoms with E-state index in [0.29, 0.717) is 0 Å². The van der Waals surface area contributed by atoms with E-state index in [4.69, 9.17) is 0 Å². The van der Waals surface area contributed by atoms with Gasteiger partial charge in [-0.3, -0.25) is 0 Å². The highest BCUT2D eigenvalue weighted by Gasteiger charge is 2.22. The van der Waals surface area contributed by atoms with Crippen LogP contribution in [0.15, 0.2) is 30.8 Å². The van der Waals surface area contributed by atoms with E-state index in [-0.39, 0.29) is 6.03 Å². The van der Waals surface area contributed by atoms with Gasteiger partial charge in [0.05, 0.1) is 5.54 Å². The predicted molar refractivity (Wildman–Crippen MR) is 71.8 cm³/mol. The molecule has 17 heavy (non-hydrogen) atoms. The minimum absolute atomic E-state index is 0.185. The second kappa shape index (κ2) is 5.04. The van der Waals surface area contributed by atoms with Gasteiger partial charge in [0.15, 0.2) is 0 Å². The largest absolute Gasteiger partial charge is 0.341 e. The molecule has 0 spiro atoms. The molecule has 0 saturated heterocycles. The van der Waals surface area contributed by atoms with Crippen molar-refractivity contribution in [1.29, 1.82) is 0 Å². The van der Waals surface area contributed by atoms with Gasteiger partial charge in [0.2, 0.25) is 0 Å². The zero-order valence-electron chi connectivity index (χ0n) is 10.9. The molecule has 1 rings (SSSR count). The Balaban J connectivity index is 3.01. The van der Waals surface area contributed by atoms with Gasteiger partial charge in [-0.05, 0) is 38.0 Å². The number of rotatable bonds is 3. The van der Waals surface area contributed by atoms with Gasteiger partial charge >= 0.3 is 6.03 Å². The summed E-state index contributed by atoms with van der Waals surface area (Å²) in [7, 11) is 1.61. The number of carbonyl (C=O) groups excluding carboxylic acids is 1. The van der Waals surface area contributed by atoms with Crippen LogP contribution < -0.4 is 10.6 Å². The quantitative estimate of drug-likeness (QED) is 0.826. The second-order valence-corrected chi connectivity index (χ2v) is 4.69. The molecule has 0 fully saturated rings. The van der Waals surface area contributed by atoms with Gasteiger partial charge < -0.3 is 10.6 Å². The average Bonchev–Trinajstić information content (AvgIpc) is 2.28. The molecule has 0 bridgehead atoms. The fourth-order valence-electron chi connectivity index (χ4n) is 1.59. The summed E-state index contributed by atoms with van der Waals surface area (Å²) in [6.07, 6.45) is 0. The number of benzene rings is 1. The molecule has 0 unspecified atom stereocenters. The van der Waals surface area contributed by atoms with E-state index in [2.05, 4.69) is 23.3 Å². The van der Waals surface area contributed by atoms with Crippen molar-refractivity contribution >= 4 is 11.6 Å². The lowest BCUT2D eigenvalue weighted by Gasteiger charge is -2.27. The van der Waals surface area contributed by atoms with E-state index >= 15 is 0 Å². The van der Waals surface area contributed by atoms with Gasteiger partial charge in [-0.2, -0.15) is 0 Å². The summed E-state index contributed by atoms with van der Waals surface area (Å²) in [5.41, 5.74) is 2.75. The smallest absolute Gasteiger partial charge is 0.315 e. The van der Waals surface area contributed by atoms with E-state index in [1.54, 1.807) is 7.05 Å². The van der Waals surface area contributed by atoms with E-state index in [1.807, 2.05) is 39.0 Å². The maximum atomic E-state index is 11.4. The summed E-state index contributed by atoms with van der Waals surface area (Å²) in [6, 6.07) is 7.87. The molecule has 2 amide bonds. The Kier molecular flexibility index (Phi) is 3.94. The number of hydrogen-bond donors (Lipinski definition) is 2. The third-order valence-electron chi connectivity index (χ3n) is 2.73. The van der Waals surface area contributed by atoms with Crippen molar-refractivity contribution in [2.24, 2.45) is 0 Å². The van der Waals surface area contributed by atoms with Crippen molar-refractivity contribution in [2.45, 2.75) is 26.3 Å². The molecule has 0 aromatic heterocycles. The monoisotopic (exact) mass is 232 g/mol. The lowest BCUT2D eigenvalue weighted by molar-refractivity contribution is 0.232. The number of hydrogen-bond acceptors (Lipinski definition) is 1. The minimum Gasteiger partial charge on any atom is -0.341 e. The van der Waals surface area contributed by atoms with Crippen molar-refractivity contribution in [2.75, 3.05) is 7.05 Å². The molecule has 0 radical (unpaired) electrons. The fraction of sp³-hybridized carbons (Fsp3) is 0.357. The van der Waals surface area contributed by atoms with E-state index in [0.717, 1.165) is 16.7 Å². The first-order valence-corrected chi connectivity index (χ1v) is 5.63. The van der Waals surface area contributed by atoms with Crippen LogP contribution in [0.3, 0.4) is 0 Å². The highest BCUT2D eigenvalue weighted by Crippen LogP contribution is 2.23. The van der Waals surface area contributed by atoms with E-state index < -0.39 is 5.54 Å². The summed E-state index contributed by atoms with van der Waals surface area (Å²) in [5.74, 6) is 0. The molecular weight excluding hydrogens is 212 g/mol. The molecule has 0 aliphatic carbocycles. The van der Waals surface area contributed by atoms with Crippen LogP contribution >= 0.6 is 0 Å². The maximum Gasteiger partial charge on any atom is 0.315 e. The Hall–Kier alpha value is -1.77. The van der Waals surface area contributed by atoms with Gasteiger partial charge in [-0.15, -0.1) is 0 Å². The van der Waals surface area contributed by atoms with Gasteiger partial charge in [0, 0.05) is 7.05 Å². The van der Waals surface area contributed by atoms with Gasteiger partial charge in [0.25, 0.3) is 0 Å².